The number of benzene rings is 4. The topological polar surface area (TPSA) is 88.0 Å². The monoisotopic (exact) mass is 539 g/mol. The van der Waals surface area contributed by atoms with Gasteiger partial charge in [-0.3, -0.25) is 4.79 Å². The maximum atomic E-state index is 12.9. The SMILES string of the molecule is CCO[C@@H](O)[C@](NC(=O)CC)(c1cccc(-c2ccc(OCc3ccccc3)cc2)c1)[C@H](CO)c1ccccc1. The van der Waals surface area contributed by atoms with E-state index in [0.717, 1.165) is 28.0 Å². The summed E-state index contributed by atoms with van der Waals surface area (Å²) in [6.45, 7) is 3.91. The predicted molar refractivity (Wildman–Crippen MR) is 157 cm³/mol. The molecule has 0 aliphatic rings. The first-order chi connectivity index (χ1) is 19.5. The average molecular weight is 540 g/mol. The van der Waals surface area contributed by atoms with Crippen LogP contribution in [0, 0.1) is 0 Å². The summed E-state index contributed by atoms with van der Waals surface area (Å²) >= 11 is 0. The Morgan fingerprint density at radius 1 is 0.850 bits per heavy atom. The maximum Gasteiger partial charge on any atom is 0.220 e. The quantitative estimate of drug-likeness (QED) is 0.187. The molecule has 0 aliphatic heterocycles. The van der Waals surface area contributed by atoms with Gasteiger partial charge in [0.1, 0.15) is 17.9 Å². The van der Waals surface area contributed by atoms with Gasteiger partial charge in [-0.25, -0.2) is 0 Å². The lowest BCUT2D eigenvalue weighted by atomic mass is 9.73. The van der Waals surface area contributed by atoms with Gasteiger partial charge in [0.15, 0.2) is 6.29 Å². The van der Waals surface area contributed by atoms with Crippen LogP contribution in [0.25, 0.3) is 11.1 Å². The Labute approximate surface area is 236 Å². The minimum Gasteiger partial charge on any atom is -0.489 e. The number of carbonyl (C=O) groups is 1. The third-order valence-electron chi connectivity index (χ3n) is 7.09. The van der Waals surface area contributed by atoms with Gasteiger partial charge in [-0.05, 0) is 52.9 Å². The van der Waals surface area contributed by atoms with E-state index in [0.29, 0.717) is 12.2 Å². The summed E-state index contributed by atoms with van der Waals surface area (Å²) in [6.07, 6.45) is -1.22. The first kappa shape index (κ1) is 29.0. The molecular weight excluding hydrogens is 502 g/mol. The minimum absolute atomic E-state index is 0.206. The van der Waals surface area contributed by atoms with E-state index in [1.807, 2.05) is 109 Å². The molecule has 0 unspecified atom stereocenters. The highest BCUT2D eigenvalue weighted by molar-refractivity contribution is 5.77. The summed E-state index contributed by atoms with van der Waals surface area (Å²) in [7, 11) is 0. The summed E-state index contributed by atoms with van der Waals surface area (Å²) in [5.74, 6) is -0.197. The third kappa shape index (κ3) is 6.59. The third-order valence-corrected chi connectivity index (χ3v) is 7.09. The summed E-state index contributed by atoms with van der Waals surface area (Å²) in [6, 6.07) is 34.8. The number of carbonyl (C=O) groups excluding carboxylic acids is 1. The molecule has 0 fully saturated rings. The van der Waals surface area contributed by atoms with E-state index in [-0.39, 0.29) is 25.5 Å². The van der Waals surface area contributed by atoms with Crippen molar-refractivity contribution in [3.05, 3.63) is 126 Å². The molecule has 3 N–H and O–H groups in total. The number of amides is 1. The molecule has 0 saturated carbocycles. The Morgan fingerprint density at radius 2 is 1.52 bits per heavy atom. The number of ether oxygens (including phenoxy) is 2. The fourth-order valence-corrected chi connectivity index (χ4v) is 4.98. The Bertz CT molecular complexity index is 1340. The van der Waals surface area contributed by atoms with Gasteiger partial charge in [-0.2, -0.15) is 0 Å². The van der Waals surface area contributed by atoms with Crippen molar-refractivity contribution in [3.63, 3.8) is 0 Å². The number of nitrogens with one attached hydrogen (secondary N) is 1. The number of aliphatic hydroxyl groups excluding tert-OH is 2. The minimum atomic E-state index is -1.45. The lowest BCUT2D eigenvalue weighted by Crippen LogP contribution is -2.59. The van der Waals surface area contributed by atoms with Crippen LogP contribution in [-0.2, 0) is 21.7 Å². The number of rotatable bonds is 13. The fraction of sp³-hybridized carbons (Fsp3) is 0.265. The molecule has 4 aromatic rings. The molecule has 0 bridgehead atoms. The highest BCUT2D eigenvalue weighted by atomic mass is 16.6. The number of hydrogen-bond acceptors (Lipinski definition) is 5. The Kier molecular flexibility index (Phi) is 10.1. The molecule has 0 saturated heterocycles. The molecule has 0 aliphatic carbocycles. The van der Waals surface area contributed by atoms with Crippen LogP contribution in [0.15, 0.2) is 109 Å². The maximum absolute atomic E-state index is 12.9. The van der Waals surface area contributed by atoms with Crippen LogP contribution in [0.1, 0.15) is 42.9 Å². The second-order valence-electron chi connectivity index (χ2n) is 9.60. The van der Waals surface area contributed by atoms with E-state index < -0.39 is 17.7 Å². The Morgan fingerprint density at radius 3 is 2.15 bits per heavy atom. The highest BCUT2D eigenvalue weighted by Crippen LogP contribution is 2.42. The van der Waals surface area contributed by atoms with Crippen molar-refractivity contribution in [2.24, 2.45) is 0 Å². The van der Waals surface area contributed by atoms with E-state index in [4.69, 9.17) is 9.47 Å². The summed E-state index contributed by atoms with van der Waals surface area (Å²) < 4.78 is 11.7. The second-order valence-corrected chi connectivity index (χ2v) is 9.60. The van der Waals surface area contributed by atoms with Gasteiger partial charge in [-0.1, -0.05) is 97.9 Å². The molecular formula is C34H37NO5. The standard InChI is InChI=1S/C34H37NO5/c1-3-32(37)35-34(33(38)39-4-2,31(23-36)27-14-9-6-10-15-27)29-17-11-16-28(22-29)26-18-20-30(21-19-26)40-24-25-12-7-5-8-13-25/h5-22,31,33,36,38H,3-4,23-24H2,1-2H3,(H,35,37)/t31-,33-,34+/m1/s1. The summed E-state index contributed by atoms with van der Waals surface area (Å²) in [4.78, 5) is 12.9. The van der Waals surface area contributed by atoms with Crippen LogP contribution in [0.2, 0.25) is 0 Å². The van der Waals surface area contributed by atoms with Crippen LogP contribution < -0.4 is 10.1 Å². The van der Waals surface area contributed by atoms with Crippen molar-refractivity contribution in [1.82, 2.24) is 5.32 Å². The summed E-state index contributed by atoms with van der Waals surface area (Å²) in [5.41, 5.74) is 2.86. The molecule has 0 spiro atoms. The van der Waals surface area contributed by atoms with Gasteiger partial charge in [0, 0.05) is 18.9 Å². The van der Waals surface area contributed by atoms with E-state index in [2.05, 4.69) is 5.32 Å². The fourth-order valence-electron chi connectivity index (χ4n) is 4.98. The van der Waals surface area contributed by atoms with Crippen molar-refractivity contribution < 1.29 is 24.5 Å². The highest BCUT2D eigenvalue weighted by Gasteiger charge is 2.49. The van der Waals surface area contributed by atoms with Crippen LogP contribution in [0.5, 0.6) is 5.75 Å². The van der Waals surface area contributed by atoms with Gasteiger partial charge in [-0.15, -0.1) is 0 Å². The number of hydrogen-bond donors (Lipinski definition) is 3. The molecule has 4 aromatic carbocycles. The lowest BCUT2D eigenvalue weighted by Gasteiger charge is -2.44. The number of aliphatic hydroxyl groups is 2. The van der Waals surface area contributed by atoms with Crippen LogP contribution in [0.4, 0.5) is 0 Å². The molecule has 3 atom stereocenters. The first-order valence-electron chi connectivity index (χ1n) is 13.7. The second kappa shape index (κ2) is 13.9. The van der Waals surface area contributed by atoms with Crippen LogP contribution in [-0.4, -0.2) is 35.6 Å². The largest absolute Gasteiger partial charge is 0.489 e. The zero-order chi connectivity index (χ0) is 28.4. The Hall–Kier alpha value is -3.97. The molecule has 1 amide bonds. The first-order valence-corrected chi connectivity index (χ1v) is 13.7. The molecule has 40 heavy (non-hydrogen) atoms. The molecule has 4 rings (SSSR count). The van der Waals surface area contributed by atoms with E-state index in [9.17, 15) is 15.0 Å². The predicted octanol–water partition coefficient (Wildman–Crippen LogP) is 5.79. The molecule has 6 nitrogen and oxygen atoms in total. The van der Waals surface area contributed by atoms with E-state index in [1.165, 1.54) is 0 Å². The van der Waals surface area contributed by atoms with Crippen LogP contribution >= 0.6 is 0 Å². The molecule has 6 heteroatoms. The van der Waals surface area contributed by atoms with E-state index >= 15 is 0 Å². The van der Waals surface area contributed by atoms with Crippen LogP contribution in [0.3, 0.4) is 0 Å². The van der Waals surface area contributed by atoms with Crippen molar-refractivity contribution in [1.29, 1.82) is 0 Å². The zero-order valence-corrected chi connectivity index (χ0v) is 23.0. The van der Waals surface area contributed by atoms with Gasteiger partial charge >= 0.3 is 0 Å². The van der Waals surface area contributed by atoms with Gasteiger partial charge < -0.3 is 25.0 Å². The van der Waals surface area contributed by atoms with Gasteiger partial charge in [0.05, 0.1) is 6.61 Å². The average Bonchev–Trinajstić information content (AvgIpc) is 3.01. The lowest BCUT2D eigenvalue weighted by molar-refractivity contribution is -0.169. The smallest absolute Gasteiger partial charge is 0.220 e. The molecule has 0 heterocycles. The summed E-state index contributed by atoms with van der Waals surface area (Å²) in [5, 5.41) is 25.3. The van der Waals surface area contributed by atoms with Crippen molar-refractivity contribution in [3.8, 4) is 16.9 Å². The molecule has 0 radical (unpaired) electrons. The van der Waals surface area contributed by atoms with Crippen molar-refractivity contribution in [2.45, 2.75) is 44.6 Å². The zero-order valence-electron chi connectivity index (χ0n) is 23.0. The Balaban J connectivity index is 1.73. The van der Waals surface area contributed by atoms with E-state index in [1.54, 1.807) is 13.8 Å². The van der Waals surface area contributed by atoms with Gasteiger partial charge in [0.25, 0.3) is 0 Å². The molecule has 0 aromatic heterocycles. The van der Waals surface area contributed by atoms with Crippen molar-refractivity contribution in [2.75, 3.05) is 13.2 Å². The normalized spacial score (nSPS) is 14.1. The molecule has 208 valence electrons. The van der Waals surface area contributed by atoms with Crippen molar-refractivity contribution >= 4 is 5.91 Å². The van der Waals surface area contributed by atoms with Gasteiger partial charge in [0.2, 0.25) is 5.91 Å².